The minimum atomic E-state index is -3.54. The molecule has 1 aromatic carbocycles. The van der Waals surface area contributed by atoms with Crippen molar-refractivity contribution in [2.24, 2.45) is 0 Å². The van der Waals surface area contributed by atoms with Crippen molar-refractivity contribution in [2.45, 2.75) is 51.5 Å². The topological polar surface area (TPSA) is 84.3 Å². The number of rotatable bonds is 5. The highest BCUT2D eigenvalue weighted by Crippen LogP contribution is 2.26. The summed E-state index contributed by atoms with van der Waals surface area (Å²) in [6, 6.07) is 6.42. The van der Waals surface area contributed by atoms with Crippen molar-refractivity contribution in [3.05, 3.63) is 41.2 Å². The van der Waals surface area contributed by atoms with Gasteiger partial charge in [-0.3, -0.25) is 9.48 Å². The van der Waals surface area contributed by atoms with E-state index in [2.05, 4.69) is 10.4 Å². The van der Waals surface area contributed by atoms with Crippen molar-refractivity contribution in [2.75, 3.05) is 18.4 Å². The molecule has 1 N–H and O–H groups in total. The normalized spacial score (nSPS) is 16.4. The molecule has 1 aromatic heterocycles. The molecule has 1 fully saturated rings. The molecule has 1 aliphatic heterocycles. The summed E-state index contributed by atoms with van der Waals surface area (Å²) in [5.74, 6) is -0.241. The summed E-state index contributed by atoms with van der Waals surface area (Å²) in [6.07, 6.45) is 1.77. The van der Waals surface area contributed by atoms with Gasteiger partial charge in [0.25, 0.3) is 0 Å². The van der Waals surface area contributed by atoms with E-state index >= 15 is 0 Å². The molecule has 1 aliphatic rings. The number of aromatic nitrogens is 2. The van der Waals surface area contributed by atoms with Crippen LogP contribution in [0.4, 0.5) is 5.69 Å². The first-order valence-corrected chi connectivity index (χ1v) is 10.6. The Morgan fingerprint density at radius 1 is 1.15 bits per heavy atom. The number of carbonyl (C=O) groups excluding carboxylic acids is 1. The molecule has 1 amide bonds. The molecular formula is C19H26N4O3S. The predicted molar refractivity (Wildman–Crippen MR) is 104 cm³/mol. The first kappa shape index (κ1) is 19.6. The smallest absolute Gasteiger partial charge is 0.248 e. The Balaban J connectivity index is 1.83. The van der Waals surface area contributed by atoms with Gasteiger partial charge in [0.15, 0.2) is 0 Å². The molecular weight excluding hydrogens is 364 g/mol. The van der Waals surface area contributed by atoms with E-state index in [-0.39, 0.29) is 10.8 Å². The molecule has 8 heteroatoms. The van der Waals surface area contributed by atoms with Gasteiger partial charge in [0.2, 0.25) is 15.9 Å². The summed E-state index contributed by atoms with van der Waals surface area (Å²) < 4.78 is 29.0. The van der Waals surface area contributed by atoms with E-state index in [9.17, 15) is 13.2 Å². The van der Waals surface area contributed by atoms with E-state index in [1.54, 1.807) is 36.7 Å². The molecule has 1 saturated heterocycles. The zero-order valence-corrected chi connectivity index (χ0v) is 17.0. The third-order valence-electron chi connectivity index (χ3n) is 4.93. The van der Waals surface area contributed by atoms with E-state index in [0.717, 1.165) is 24.2 Å². The molecule has 0 aliphatic carbocycles. The minimum Gasteiger partial charge on any atom is -0.324 e. The number of nitrogens with zero attached hydrogens (tertiary/aromatic N) is 3. The Kier molecular flexibility index (Phi) is 5.39. The lowest BCUT2D eigenvalue weighted by atomic mass is 10.2. The number of aryl methyl sites for hydroxylation is 3. The second kappa shape index (κ2) is 7.44. The molecule has 7 nitrogen and oxygen atoms in total. The minimum absolute atomic E-state index is 0.241. The Labute approximate surface area is 160 Å². The average Bonchev–Trinajstić information content (AvgIpc) is 3.25. The molecule has 2 heterocycles. The fourth-order valence-electron chi connectivity index (χ4n) is 3.42. The van der Waals surface area contributed by atoms with Crippen LogP contribution in [0.3, 0.4) is 0 Å². The Morgan fingerprint density at radius 3 is 2.41 bits per heavy atom. The molecule has 3 rings (SSSR count). The number of amides is 1. The fourth-order valence-corrected chi connectivity index (χ4v) is 5.19. The van der Waals surface area contributed by atoms with Crippen molar-refractivity contribution in [1.29, 1.82) is 0 Å². The summed E-state index contributed by atoms with van der Waals surface area (Å²) in [5, 5.41) is 7.17. The summed E-state index contributed by atoms with van der Waals surface area (Å²) in [4.78, 5) is 12.9. The lowest BCUT2D eigenvalue weighted by Crippen LogP contribution is -2.29. The third kappa shape index (κ3) is 3.91. The highest BCUT2D eigenvalue weighted by Gasteiger charge is 2.29. The molecule has 0 bridgehead atoms. The van der Waals surface area contributed by atoms with Gasteiger partial charge in [-0.05, 0) is 64.3 Å². The quantitative estimate of drug-likeness (QED) is 0.851. The average molecular weight is 391 g/mol. The van der Waals surface area contributed by atoms with Gasteiger partial charge in [0.05, 0.1) is 10.6 Å². The first-order valence-electron chi connectivity index (χ1n) is 9.14. The summed E-state index contributed by atoms with van der Waals surface area (Å²) in [7, 11) is -3.54. The van der Waals surface area contributed by atoms with E-state index in [0.29, 0.717) is 24.3 Å². The van der Waals surface area contributed by atoms with Gasteiger partial charge in [0, 0.05) is 24.5 Å². The van der Waals surface area contributed by atoms with Crippen molar-refractivity contribution in [1.82, 2.24) is 14.1 Å². The van der Waals surface area contributed by atoms with E-state index in [1.807, 2.05) is 19.9 Å². The van der Waals surface area contributed by atoms with Crippen LogP contribution in [0.2, 0.25) is 0 Å². The molecule has 0 saturated carbocycles. The van der Waals surface area contributed by atoms with Gasteiger partial charge < -0.3 is 5.32 Å². The molecule has 1 unspecified atom stereocenters. The number of carbonyl (C=O) groups is 1. The van der Waals surface area contributed by atoms with Crippen molar-refractivity contribution in [3.63, 3.8) is 0 Å². The van der Waals surface area contributed by atoms with Crippen LogP contribution in [0.15, 0.2) is 29.2 Å². The van der Waals surface area contributed by atoms with Crippen molar-refractivity contribution in [3.8, 4) is 0 Å². The standard InChI is InChI=1S/C19H26N4O3S/c1-13-7-8-17(12-18(13)27(25,26)22-9-5-6-10-22)20-19(24)16(4)23-15(3)11-14(2)21-23/h7-8,11-12,16H,5-6,9-10H2,1-4H3,(H,20,24). The monoisotopic (exact) mass is 390 g/mol. The van der Waals surface area contributed by atoms with E-state index < -0.39 is 16.1 Å². The van der Waals surface area contributed by atoms with Gasteiger partial charge in [-0.25, -0.2) is 8.42 Å². The van der Waals surface area contributed by atoms with E-state index in [4.69, 9.17) is 0 Å². The van der Waals surface area contributed by atoms with Crippen LogP contribution in [0.25, 0.3) is 0 Å². The summed E-state index contributed by atoms with van der Waals surface area (Å²) in [6.45, 7) is 8.42. The highest BCUT2D eigenvalue weighted by molar-refractivity contribution is 7.89. The molecule has 2 aromatic rings. The van der Waals surface area contributed by atoms with Gasteiger partial charge in [0.1, 0.15) is 6.04 Å². The maximum absolute atomic E-state index is 12.9. The highest BCUT2D eigenvalue weighted by atomic mass is 32.2. The van der Waals surface area contributed by atoms with Crippen LogP contribution >= 0.6 is 0 Å². The van der Waals surface area contributed by atoms with Crippen LogP contribution in [0.1, 0.15) is 42.8 Å². The number of hydrogen-bond acceptors (Lipinski definition) is 4. The summed E-state index contributed by atoms with van der Waals surface area (Å²) >= 11 is 0. The number of nitrogens with one attached hydrogen (secondary N) is 1. The van der Waals surface area contributed by atoms with E-state index in [1.165, 1.54) is 4.31 Å². The Hall–Kier alpha value is -2.19. The SMILES string of the molecule is Cc1cc(C)n(C(C)C(=O)Nc2ccc(C)c(S(=O)(=O)N3CCCC3)c2)n1. The number of sulfonamides is 1. The third-order valence-corrected chi connectivity index (χ3v) is 6.97. The van der Waals surface area contributed by atoms with Crippen molar-refractivity contribution < 1.29 is 13.2 Å². The second-order valence-electron chi connectivity index (χ2n) is 7.13. The van der Waals surface area contributed by atoms with Crippen LogP contribution < -0.4 is 5.32 Å². The van der Waals surface area contributed by atoms with Crippen LogP contribution in [-0.2, 0) is 14.8 Å². The maximum atomic E-state index is 12.9. The van der Waals surface area contributed by atoms with Gasteiger partial charge in [-0.15, -0.1) is 0 Å². The number of anilines is 1. The van der Waals surface area contributed by atoms with Gasteiger partial charge in [-0.2, -0.15) is 9.40 Å². The first-order chi connectivity index (χ1) is 12.7. The summed E-state index contributed by atoms with van der Waals surface area (Å²) in [5.41, 5.74) is 2.89. The predicted octanol–water partition coefficient (Wildman–Crippen LogP) is 2.79. The lowest BCUT2D eigenvalue weighted by Gasteiger charge is -2.19. The fraction of sp³-hybridized carbons (Fsp3) is 0.474. The zero-order chi connectivity index (χ0) is 19.8. The largest absolute Gasteiger partial charge is 0.324 e. The molecule has 0 radical (unpaired) electrons. The zero-order valence-electron chi connectivity index (χ0n) is 16.2. The second-order valence-corrected chi connectivity index (χ2v) is 9.03. The van der Waals surface area contributed by atoms with Crippen molar-refractivity contribution >= 4 is 21.6 Å². The maximum Gasteiger partial charge on any atom is 0.248 e. The van der Waals surface area contributed by atoms with Gasteiger partial charge >= 0.3 is 0 Å². The molecule has 146 valence electrons. The van der Waals surface area contributed by atoms with Crippen LogP contribution in [0, 0.1) is 20.8 Å². The number of benzene rings is 1. The number of hydrogen-bond donors (Lipinski definition) is 1. The van der Waals surface area contributed by atoms with Crippen LogP contribution in [0.5, 0.6) is 0 Å². The lowest BCUT2D eigenvalue weighted by molar-refractivity contribution is -0.119. The molecule has 1 atom stereocenters. The van der Waals surface area contributed by atoms with Crippen LogP contribution in [-0.4, -0.2) is 41.5 Å². The van der Waals surface area contributed by atoms with Gasteiger partial charge in [-0.1, -0.05) is 6.07 Å². The molecule has 27 heavy (non-hydrogen) atoms. The Bertz CT molecular complexity index is 959. The molecule has 0 spiro atoms. The Morgan fingerprint density at radius 2 is 1.81 bits per heavy atom.